The quantitative estimate of drug-likeness (QED) is 0.363. The molecule has 9 heteroatoms. The molecule has 0 spiro atoms. The summed E-state index contributed by atoms with van der Waals surface area (Å²) >= 11 is 0. The first-order valence-electron chi connectivity index (χ1n) is 4.21. The Bertz CT molecular complexity index is 542. The van der Waals surface area contributed by atoms with Gasteiger partial charge in [-0.15, -0.1) is 0 Å². The molecular formula is C8H11NaO6S2. The van der Waals surface area contributed by atoms with E-state index in [4.69, 9.17) is 4.55 Å². The van der Waals surface area contributed by atoms with Crippen molar-refractivity contribution in [2.45, 2.75) is 4.90 Å². The van der Waals surface area contributed by atoms with Crippen molar-refractivity contribution in [1.82, 2.24) is 0 Å². The molecule has 1 aromatic rings. The minimum Gasteiger partial charge on any atom is -1.00 e. The maximum atomic E-state index is 11.4. The number of hydrogen-bond donors (Lipinski definition) is 1. The van der Waals surface area contributed by atoms with Crippen molar-refractivity contribution in [3.05, 3.63) is 30.3 Å². The molecule has 17 heavy (non-hydrogen) atoms. The summed E-state index contributed by atoms with van der Waals surface area (Å²) in [7, 11) is -8.18. The molecule has 1 rings (SSSR count). The first-order valence-corrected chi connectivity index (χ1v) is 7.23. The number of benzene rings is 1. The Morgan fingerprint density at radius 3 is 2.12 bits per heavy atom. The molecule has 0 aliphatic heterocycles. The van der Waals surface area contributed by atoms with E-state index < -0.39 is 32.6 Å². The van der Waals surface area contributed by atoms with Crippen LogP contribution in [0.15, 0.2) is 35.2 Å². The third kappa shape index (κ3) is 6.51. The van der Waals surface area contributed by atoms with Crippen LogP contribution in [-0.4, -0.2) is 33.7 Å². The zero-order chi connectivity index (χ0) is 12.2. The van der Waals surface area contributed by atoms with Crippen LogP contribution < -0.4 is 29.6 Å². The molecule has 0 saturated carbocycles. The van der Waals surface area contributed by atoms with Crippen molar-refractivity contribution >= 4 is 20.2 Å². The van der Waals surface area contributed by atoms with Gasteiger partial charge in [-0.2, -0.15) is 16.8 Å². The molecule has 0 atom stereocenters. The Morgan fingerprint density at radius 1 is 1.12 bits per heavy atom. The molecule has 0 fully saturated rings. The van der Waals surface area contributed by atoms with Crippen LogP contribution in [0.1, 0.15) is 1.43 Å². The predicted molar refractivity (Wildman–Crippen MR) is 57.1 cm³/mol. The van der Waals surface area contributed by atoms with Gasteiger partial charge in [-0.3, -0.25) is 8.74 Å². The maximum absolute atomic E-state index is 11.4. The van der Waals surface area contributed by atoms with Crippen LogP contribution in [0.2, 0.25) is 0 Å². The second kappa shape index (κ2) is 6.83. The second-order valence-electron chi connectivity index (χ2n) is 2.88. The van der Waals surface area contributed by atoms with Gasteiger partial charge in [-0.05, 0) is 12.1 Å². The summed E-state index contributed by atoms with van der Waals surface area (Å²) in [5.74, 6) is -0.765. The van der Waals surface area contributed by atoms with Crippen LogP contribution in [0.5, 0.6) is 0 Å². The molecule has 1 aromatic carbocycles. The zero-order valence-corrected chi connectivity index (χ0v) is 12.7. The molecule has 0 heterocycles. The second-order valence-corrected chi connectivity index (χ2v) is 6.06. The van der Waals surface area contributed by atoms with E-state index in [1.807, 2.05) is 0 Å². The summed E-state index contributed by atoms with van der Waals surface area (Å²) in [6.45, 7) is -0.615. The summed E-state index contributed by atoms with van der Waals surface area (Å²) in [6.07, 6.45) is 0. The fourth-order valence-electron chi connectivity index (χ4n) is 0.904. The summed E-state index contributed by atoms with van der Waals surface area (Å²) in [6, 6.07) is 7.31. The van der Waals surface area contributed by atoms with Crippen LogP contribution in [0.25, 0.3) is 0 Å². The van der Waals surface area contributed by atoms with Crippen molar-refractivity contribution in [1.29, 1.82) is 0 Å². The van der Waals surface area contributed by atoms with E-state index in [-0.39, 0.29) is 35.9 Å². The first-order chi connectivity index (χ1) is 7.31. The van der Waals surface area contributed by atoms with Crippen LogP contribution in [0.4, 0.5) is 0 Å². The Hall–Kier alpha value is 0.0400. The molecule has 0 unspecified atom stereocenters. The molecule has 92 valence electrons. The van der Waals surface area contributed by atoms with Crippen molar-refractivity contribution in [2.75, 3.05) is 12.4 Å². The van der Waals surface area contributed by atoms with E-state index in [0.717, 1.165) is 0 Å². The Kier molecular flexibility index (Phi) is 6.85. The van der Waals surface area contributed by atoms with E-state index in [9.17, 15) is 16.8 Å². The number of rotatable bonds is 5. The molecule has 0 radical (unpaired) electrons. The van der Waals surface area contributed by atoms with Gasteiger partial charge in [0.15, 0.2) is 0 Å². The summed E-state index contributed by atoms with van der Waals surface area (Å²) in [5.41, 5.74) is 0. The van der Waals surface area contributed by atoms with Gasteiger partial charge < -0.3 is 1.43 Å². The molecular weight excluding hydrogens is 279 g/mol. The van der Waals surface area contributed by atoms with E-state index in [1.165, 1.54) is 24.3 Å². The molecule has 0 aromatic heterocycles. The van der Waals surface area contributed by atoms with Crippen molar-refractivity contribution in [2.24, 2.45) is 0 Å². The third-order valence-electron chi connectivity index (χ3n) is 1.61. The smallest absolute Gasteiger partial charge is 1.00 e. The fourth-order valence-corrected chi connectivity index (χ4v) is 2.23. The van der Waals surface area contributed by atoms with Gasteiger partial charge in [0, 0.05) is 0 Å². The van der Waals surface area contributed by atoms with Gasteiger partial charge in [0.05, 0.1) is 11.5 Å². The normalized spacial score (nSPS) is 11.8. The fraction of sp³-hybridized carbons (Fsp3) is 0.250. The zero-order valence-electron chi connectivity index (χ0n) is 10.1. The van der Waals surface area contributed by atoms with Crippen molar-refractivity contribution in [3.63, 3.8) is 0 Å². The van der Waals surface area contributed by atoms with Crippen molar-refractivity contribution in [3.8, 4) is 0 Å². The standard InChI is InChI=1S/C8H10O6S2.Na.H/c9-15(10,11)7-6-14-16(12,13)8-4-2-1-3-5-8;;/h1-5H,6-7H2,(H,9,10,11);;/q;+1;-1. The van der Waals surface area contributed by atoms with E-state index in [0.29, 0.717) is 0 Å². The minimum absolute atomic E-state index is 0. The predicted octanol–water partition coefficient (Wildman–Crippen LogP) is -2.60. The van der Waals surface area contributed by atoms with Gasteiger partial charge in [-0.25, -0.2) is 0 Å². The summed E-state index contributed by atoms with van der Waals surface area (Å²) in [5, 5.41) is 0. The molecule has 1 N–H and O–H groups in total. The van der Waals surface area contributed by atoms with Gasteiger partial charge in [0.25, 0.3) is 20.2 Å². The average molecular weight is 290 g/mol. The molecule has 0 aliphatic rings. The average Bonchev–Trinajstić information content (AvgIpc) is 2.17. The molecule has 0 aliphatic carbocycles. The molecule has 0 saturated heterocycles. The van der Waals surface area contributed by atoms with Crippen LogP contribution in [-0.2, 0) is 24.4 Å². The topological polar surface area (TPSA) is 97.7 Å². The Morgan fingerprint density at radius 2 is 1.65 bits per heavy atom. The molecule has 6 nitrogen and oxygen atoms in total. The van der Waals surface area contributed by atoms with E-state index in [2.05, 4.69) is 4.18 Å². The van der Waals surface area contributed by atoms with E-state index in [1.54, 1.807) is 6.07 Å². The number of hydrogen-bond acceptors (Lipinski definition) is 5. The minimum atomic E-state index is -4.22. The Balaban J connectivity index is 0. The third-order valence-corrected chi connectivity index (χ3v) is 3.62. The molecule has 0 bridgehead atoms. The van der Waals surface area contributed by atoms with E-state index >= 15 is 0 Å². The molecule has 0 amide bonds. The summed E-state index contributed by atoms with van der Waals surface area (Å²) in [4.78, 5) is -0.0645. The monoisotopic (exact) mass is 290 g/mol. The SMILES string of the molecule is O=S(=O)(O)CCOS(=O)(=O)c1ccccc1.[H-].[Na+]. The van der Waals surface area contributed by atoms with Gasteiger partial charge >= 0.3 is 29.6 Å². The van der Waals surface area contributed by atoms with Gasteiger partial charge in [-0.1, -0.05) is 18.2 Å². The van der Waals surface area contributed by atoms with Crippen LogP contribution >= 0.6 is 0 Å². The van der Waals surface area contributed by atoms with Crippen LogP contribution in [0, 0.1) is 0 Å². The first kappa shape index (κ1) is 17.0. The van der Waals surface area contributed by atoms with Gasteiger partial charge in [0.1, 0.15) is 5.75 Å². The van der Waals surface area contributed by atoms with Crippen molar-refractivity contribution < 1.29 is 56.6 Å². The van der Waals surface area contributed by atoms with Crippen LogP contribution in [0.3, 0.4) is 0 Å². The summed E-state index contributed by atoms with van der Waals surface area (Å²) < 4.78 is 56.3. The Labute approximate surface area is 124 Å². The largest absolute Gasteiger partial charge is 1.00 e. The van der Waals surface area contributed by atoms with Gasteiger partial charge in [0.2, 0.25) is 0 Å². The maximum Gasteiger partial charge on any atom is 1.00 e.